The molecule has 2 heterocycles. The average Bonchev–Trinajstić information content (AvgIpc) is 3.46. The molecule has 3 aromatic carbocycles. The van der Waals surface area contributed by atoms with Crippen molar-refractivity contribution >= 4 is 33.5 Å². The Hall–Kier alpha value is -4.74. The number of non-ortho nitro benzene ring substituents is 1. The highest BCUT2D eigenvalue weighted by molar-refractivity contribution is 5.84. The predicted molar refractivity (Wildman–Crippen MR) is 124 cm³/mol. The second-order valence-electron chi connectivity index (χ2n) is 8.07. The molecule has 1 amide bonds. The van der Waals surface area contributed by atoms with Crippen LogP contribution in [0.25, 0.3) is 21.9 Å². The lowest BCUT2D eigenvalue weighted by Crippen LogP contribution is -2.32. The fraction of sp³-hybridized carbons (Fsp3) is 0.125. The quantitative estimate of drug-likeness (QED) is 0.261. The standard InChI is InChI=1S/C24H17F3N6O3/c25-24(26,27)23-29-18-9-7-15(10-19(18)30-23)22(14-4-2-1-3-5-14)31-21(34)13-32-20-11-17(33(35)36)8-6-16(20)12-28-32/h1-12,22H,13H2,(H,29,30)(H,31,34). The van der Waals surface area contributed by atoms with Crippen LogP contribution in [-0.2, 0) is 17.5 Å². The van der Waals surface area contributed by atoms with E-state index >= 15 is 0 Å². The normalized spacial score (nSPS) is 12.6. The van der Waals surface area contributed by atoms with Crippen molar-refractivity contribution in [1.29, 1.82) is 0 Å². The number of rotatable bonds is 6. The molecule has 0 saturated heterocycles. The molecule has 0 radical (unpaired) electrons. The number of nitrogens with zero attached hydrogens (tertiary/aromatic N) is 4. The number of hydrogen-bond acceptors (Lipinski definition) is 5. The number of aromatic amines is 1. The molecule has 5 aromatic rings. The van der Waals surface area contributed by atoms with Gasteiger partial charge in [0.2, 0.25) is 11.7 Å². The summed E-state index contributed by atoms with van der Waals surface area (Å²) in [6, 6.07) is 17.1. The molecule has 0 spiro atoms. The molecule has 0 aliphatic rings. The van der Waals surface area contributed by atoms with Crippen molar-refractivity contribution in [3.63, 3.8) is 0 Å². The first-order valence-corrected chi connectivity index (χ1v) is 10.7. The van der Waals surface area contributed by atoms with Gasteiger partial charge in [-0.3, -0.25) is 19.6 Å². The Morgan fingerprint density at radius 3 is 2.58 bits per heavy atom. The molecule has 5 rings (SSSR count). The van der Waals surface area contributed by atoms with E-state index in [0.29, 0.717) is 22.0 Å². The number of H-pyrrole nitrogens is 1. The Labute approximate surface area is 200 Å². The van der Waals surface area contributed by atoms with Gasteiger partial charge in [0.15, 0.2) is 0 Å². The van der Waals surface area contributed by atoms with Crippen molar-refractivity contribution in [1.82, 2.24) is 25.1 Å². The lowest BCUT2D eigenvalue weighted by Gasteiger charge is -2.20. The van der Waals surface area contributed by atoms with E-state index in [9.17, 15) is 28.1 Å². The number of amides is 1. The molecular weight excluding hydrogens is 477 g/mol. The highest BCUT2D eigenvalue weighted by atomic mass is 19.4. The van der Waals surface area contributed by atoms with Gasteiger partial charge < -0.3 is 10.3 Å². The number of hydrogen-bond donors (Lipinski definition) is 2. The van der Waals surface area contributed by atoms with Crippen LogP contribution < -0.4 is 5.32 Å². The van der Waals surface area contributed by atoms with Crippen LogP contribution in [0.5, 0.6) is 0 Å². The summed E-state index contributed by atoms with van der Waals surface area (Å²) in [6.45, 7) is -0.224. The van der Waals surface area contributed by atoms with E-state index in [4.69, 9.17) is 0 Å². The van der Waals surface area contributed by atoms with Gasteiger partial charge >= 0.3 is 6.18 Å². The van der Waals surface area contributed by atoms with Crippen LogP contribution in [0.4, 0.5) is 18.9 Å². The minimum absolute atomic E-state index is 0.127. The van der Waals surface area contributed by atoms with Crippen LogP contribution in [0.2, 0.25) is 0 Å². The molecule has 1 unspecified atom stereocenters. The van der Waals surface area contributed by atoms with Gasteiger partial charge in [0.05, 0.1) is 33.7 Å². The minimum Gasteiger partial charge on any atom is -0.344 e. The average molecular weight is 494 g/mol. The van der Waals surface area contributed by atoms with E-state index in [1.165, 1.54) is 35.1 Å². The van der Waals surface area contributed by atoms with Gasteiger partial charge in [0.25, 0.3) is 5.69 Å². The summed E-state index contributed by atoms with van der Waals surface area (Å²) in [7, 11) is 0. The zero-order valence-electron chi connectivity index (χ0n) is 18.4. The number of aromatic nitrogens is 4. The lowest BCUT2D eigenvalue weighted by atomic mass is 9.98. The van der Waals surface area contributed by atoms with Crippen molar-refractivity contribution in [2.75, 3.05) is 0 Å². The zero-order valence-corrected chi connectivity index (χ0v) is 18.4. The van der Waals surface area contributed by atoms with E-state index in [1.807, 2.05) is 0 Å². The number of fused-ring (bicyclic) bond motifs is 2. The molecular formula is C24H17F3N6O3. The van der Waals surface area contributed by atoms with Gasteiger partial charge in [-0.15, -0.1) is 0 Å². The van der Waals surface area contributed by atoms with Crippen LogP contribution in [-0.4, -0.2) is 30.6 Å². The van der Waals surface area contributed by atoms with Gasteiger partial charge in [-0.2, -0.15) is 18.3 Å². The third-order valence-electron chi connectivity index (χ3n) is 5.68. The molecule has 0 bridgehead atoms. The van der Waals surface area contributed by atoms with Crippen molar-refractivity contribution in [3.8, 4) is 0 Å². The van der Waals surface area contributed by atoms with Gasteiger partial charge in [0.1, 0.15) is 6.54 Å². The number of nitrogens with one attached hydrogen (secondary N) is 2. The first kappa shape index (κ1) is 23.0. The molecule has 1 atom stereocenters. The summed E-state index contributed by atoms with van der Waals surface area (Å²) in [4.78, 5) is 29.5. The second kappa shape index (κ2) is 8.80. The third-order valence-corrected chi connectivity index (χ3v) is 5.68. The highest BCUT2D eigenvalue weighted by Gasteiger charge is 2.34. The summed E-state index contributed by atoms with van der Waals surface area (Å²) < 4.78 is 40.6. The Kier molecular flexibility index (Phi) is 5.63. The van der Waals surface area contributed by atoms with E-state index in [0.717, 1.165) is 0 Å². The number of carbonyl (C=O) groups excluding carboxylic acids is 1. The van der Waals surface area contributed by atoms with Crippen molar-refractivity contribution in [3.05, 3.63) is 100.0 Å². The largest absolute Gasteiger partial charge is 0.449 e. The fourth-order valence-electron chi connectivity index (χ4n) is 3.99. The lowest BCUT2D eigenvalue weighted by molar-refractivity contribution is -0.384. The maximum Gasteiger partial charge on any atom is 0.449 e. The van der Waals surface area contributed by atoms with Crippen LogP contribution >= 0.6 is 0 Å². The number of alkyl halides is 3. The topological polar surface area (TPSA) is 119 Å². The van der Waals surface area contributed by atoms with Crippen LogP contribution in [0.1, 0.15) is 23.0 Å². The summed E-state index contributed by atoms with van der Waals surface area (Å²) in [5.74, 6) is -1.55. The molecule has 0 saturated carbocycles. The van der Waals surface area contributed by atoms with E-state index in [-0.39, 0.29) is 23.3 Å². The second-order valence-corrected chi connectivity index (χ2v) is 8.07. The number of halogens is 3. The number of nitro benzene ring substituents is 1. The van der Waals surface area contributed by atoms with Crippen molar-refractivity contribution in [2.24, 2.45) is 0 Å². The van der Waals surface area contributed by atoms with Crippen LogP contribution in [0.3, 0.4) is 0 Å². The summed E-state index contributed by atoms with van der Waals surface area (Å²) >= 11 is 0. The SMILES string of the molecule is O=C(Cn1ncc2ccc([N+](=O)[O-])cc21)NC(c1ccccc1)c1ccc2nc(C(F)(F)F)[nH]c2c1. The highest BCUT2D eigenvalue weighted by Crippen LogP contribution is 2.30. The zero-order chi connectivity index (χ0) is 25.4. The number of carbonyl (C=O) groups is 1. The predicted octanol–water partition coefficient (Wildman–Crippen LogP) is 4.75. The van der Waals surface area contributed by atoms with Gasteiger partial charge in [-0.05, 0) is 29.3 Å². The molecule has 12 heteroatoms. The maximum atomic E-state index is 13.1. The number of benzene rings is 3. The first-order valence-electron chi connectivity index (χ1n) is 10.7. The summed E-state index contributed by atoms with van der Waals surface area (Å²) in [6.07, 6.45) is -3.11. The Bertz CT molecular complexity index is 1590. The van der Waals surface area contributed by atoms with Crippen LogP contribution in [0.15, 0.2) is 72.9 Å². The molecule has 0 aliphatic carbocycles. The third kappa shape index (κ3) is 4.48. The molecule has 182 valence electrons. The number of nitro groups is 1. The Balaban J connectivity index is 1.46. The van der Waals surface area contributed by atoms with Crippen molar-refractivity contribution in [2.45, 2.75) is 18.8 Å². The Morgan fingerprint density at radius 1 is 1.08 bits per heavy atom. The number of imidazole rings is 1. The van der Waals surface area contributed by atoms with Gasteiger partial charge in [-0.1, -0.05) is 36.4 Å². The van der Waals surface area contributed by atoms with E-state index in [2.05, 4.69) is 20.4 Å². The molecule has 9 nitrogen and oxygen atoms in total. The maximum absolute atomic E-state index is 13.1. The first-order chi connectivity index (χ1) is 17.2. The van der Waals surface area contributed by atoms with Crippen molar-refractivity contribution < 1.29 is 22.9 Å². The molecule has 36 heavy (non-hydrogen) atoms. The summed E-state index contributed by atoms with van der Waals surface area (Å²) in [5, 5.41) is 18.8. The molecule has 2 N–H and O–H groups in total. The molecule has 0 fully saturated rings. The Morgan fingerprint density at radius 2 is 1.86 bits per heavy atom. The van der Waals surface area contributed by atoms with E-state index in [1.54, 1.807) is 42.5 Å². The van der Waals surface area contributed by atoms with Crippen LogP contribution in [0, 0.1) is 10.1 Å². The summed E-state index contributed by atoms with van der Waals surface area (Å²) in [5.41, 5.74) is 1.88. The molecule has 0 aliphatic heterocycles. The fourth-order valence-corrected chi connectivity index (χ4v) is 3.99. The van der Waals surface area contributed by atoms with Gasteiger partial charge in [-0.25, -0.2) is 4.98 Å². The molecule has 2 aromatic heterocycles. The monoisotopic (exact) mass is 494 g/mol. The van der Waals surface area contributed by atoms with Gasteiger partial charge in [0, 0.05) is 17.5 Å². The van der Waals surface area contributed by atoms with E-state index < -0.39 is 28.9 Å². The minimum atomic E-state index is -4.62. The smallest absolute Gasteiger partial charge is 0.344 e.